The summed E-state index contributed by atoms with van der Waals surface area (Å²) in [6, 6.07) is 0.0728. The van der Waals surface area contributed by atoms with Gasteiger partial charge in [-0.3, -0.25) is 0 Å². The second-order valence-corrected chi connectivity index (χ2v) is 2.26. The molecule has 1 heterocycles. The minimum Gasteiger partial charge on any atom is -0.473 e. The second-order valence-electron chi connectivity index (χ2n) is 2.26. The minimum absolute atomic E-state index is 0.0231. The first-order chi connectivity index (χ1) is 4.63. The number of hydrogen-bond donors (Lipinski definition) is 1. The molecule has 0 aromatic carbocycles. The fourth-order valence-corrected chi connectivity index (χ4v) is 0.630. The Kier molecular flexibility index (Phi) is 1.48. The van der Waals surface area contributed by atoms with Crippen LogP contribution in [0.2, 0.25) is 0 Å². The third kappa shape index (κ3) is 0.896. The lowest BCUT2D eigenvalue weighted by Gasteiger charge is -2.08. The maximum atomic E-state index is 10.3. The van der Waals surface area contributed by atoms with Gasteiger partial charge in [0.2, 0.25) is 0 Å². The molecule has 1 aliphatic heterocycles. The summed E-state index contributed by atoms with van der Waals surface area (Å²) >= 11 is 0. The second kappa shape index (κ2) is 2.17. The van der Waals surface area contributed by atoms with Gasteiger partial charge in [-0.1, -0.05) is 0 Å². The molecule has 0 radical (unpaired) electrons. The van der Waals surface area contributed by atoms with Crippen LogP contribution < -0.4 is 0 Å². The van der Waals surface area contributed by atoms with Crippen LogP contribution in [0.3, 0.4) is 0 Å². The number of carboxylic acids is 1. The van der Waals surface area contributed by atoms with E-state index in [0.29, 0.717) is 0 Å². The molecule has 0 fully saturated rings. The molecule has 0 spiro atoms. The number of aliphatic carboxylic acids is 1. The monoisotopic (exact) mass is 142 g/mol. The Morgan fingerprint density at radius 3 is 2.40 bits per heavy atom. The van der Waals surface area contributed by atoms with E-state index in [9.17, 15) is 4.79 Å². The van der Waals surface area contributed by atoms with Crippen LogP contribution in [0, 0.1) is 0 Å². The molecule has 54 valence electrons. The molecule has 10 heavy (non-hydrogen) atoms. The molecule has 0 saturated heterocycles. The highest BCUT2D eigenvalue weighted by Gasteiger charge is 2.31. The average molecular weight is 142 g/mol. The van der Waals surface area contributed by atoms with Crippen molar-refractivity contribution >= 4 is 11.8 Å². The van der Waals surface area contributed by atoms with Gasteiger partial charge in [-0.25, -0.2) is 4.79 Å². The zero-order chi connectivity index (χ0) is 7.72. The van der Waals surface area contributed by atoms with Gasteiger partial charge >= 0.3 is 11.8 Å². The van der Waals surface area contributed by atoms with Crippen LogP contribution in [0.15, 0.2) is 10.3 Å². The summed E-state index contributed by atoms with van der Waals surface area (Å²) in [6.45, 7) is 3.70. The van der Waals surface area contributed by atoms with Gasteiger partial charge in [0.15, 0.2) is 0 Å². The van der Waals surface area contributed by atoms with Crippen LogP contribution in [0.5, 0.6) is 0 Å². The third-order valence-corrected chi connectivity index (χ3v) is 1.13. The molecule has 5 nitrogen and oxygen atoms in total. The minimum atomic E-state index is -1.02. The van der Waals surface area contributed by atoms with Gasteiger partial charge in [0.25, 0.3) is 0 Å². The SMILES string of the molecule is CC(C)[N+]1=NN=C1C(=O)O. The van der Waals surface area contributed by atoms with Gasteiger partial charge < -0.3 is 5.11 Å². The van der Waals surface area contributed by atoms with Gasteiger partial charge in [0.05, 0.1) is 16.4 Å². The van der Waals surface area contributed by atoms with E-state index in [-0.39, 0.29) is 11.9 Å². The Labute approximate surface area is 57.7 Å². The van der Waals surface area contributed by atoms with Crippen LogP contribution in [0.1, 0.15) is 13.8 Å². The van der Waals surface area contributed by atoms with Crippen LogP contribution in [-0.4, -0.2) is 27.7 Å². The van der Waals surface area contributed by atoms with E-state index in [1.165, 1.54) is 4.70 Å². The van der Waals surface area contributed by atoms with Crippen molar-refractivity contribution in [1.82, 2.24) is 0 Å². The van der Waals surface area contributed by atoms with Crippen molar-refractivity contribution in [2.45, 2.75) is 19.9 Å². The number of hydrogen-bond acceptors (Lipinski definition) is 3. The summed E-state index contributed by atoms with van der Waals surface area (Å²) in [5.74, 6) is -1.00. The quantitative estimate of drug-likeness (QED) is 0.562. The average Bonchev–Trinajstić information content (AvgIpc) is 1.56. The molecular formula is C5H8N3O2+. The van der Waals surface area contributed by atoms with E-state index < -0.39 is 5.97 Å². The Morgan fingerprint density at radius 2 is 2.30 bits per heavy atom. The molecule has 0 aliphatic carbocycles. The van der Waals surface area contributed by atoms with Crippen molar-refractivity contribution in [2.75, 3.05) is 0 Å². The van der Waals surface area contributed by atoms with Crippen LogP contribution in [0.4, 0.5) is 0 Å². The number of carbonyl (C=O) groups is 1. The van der Waals surface area contributed by atoms with E-state index in [1.807, 2.05) is 13.8 Å². The molecule has 0 bridgehead atoms. The lowest BCUT2D eigenvalue weighted by atomic mass is 10.3. The smallest absolute Gasteiger partial charge is 0.410 e. The highest BCUT2D eigenvalue weighted by atomic mass is 16.4. The number of carboxylic acid groups (broad SMARTS) is 1. The Balaban J connectivity index is 2.64. The Hall–Kier alpha value is -1.26. The summed E-state index contributed by atoms with van der Waals surface area (Å²) in [5.41, 5.74) is 0. The molecule has 0 aromatic heterocycles. The molecule has 0 saturated carbocycles. The molecule has 1 rings (SSSR count). The lowest BCUT2D eigenvalue weighted by Crippen LogP contribution is -2.36. The summed E-state index contributed by atoms with van der Waals surface area (Å²) < 4.78 is 1.36. The van der Waals surface area contributed by atoms with Crippen molar-refractivity contribution in [3.63, 3.8) is 0 Å². The molecule has 1 N–H and O–H groups in total. The Bertz CT molecular complexity index is 229. The molecule has 0 amide bonds. The number of rotatable bonds is 2. The van der Waals surface area contributed by atoms with Crippen LogP contribution in [-0.2, 0) is 4.79 Å². The van der Waals surface area contributed by atoms with E-state index in [4.69, 9.17) is 5.11 Å². The summed E-state index contributed by atoms with van der Waals surface area (Å²) in [7, 11) is 0. The van der Waals surface area contributed by atoms with E-state index in [1.54, 1.807) is 0 Å². The molecule has 5 heteroatoms. The van der Waals surface area contributed by atoms with Gasteiger partial charge in [0, 0.05) is 0 Å². The molecular weight excluding hydrogens is 134 g/mol. The van der Waals surface area contributed by atoms with Crippen molar-refractivity contribution in [3.05, 3.63) is 0 Å². The maximum absolute atomic E-state index is 10.3. The number of amidine groups is 1. The predicted molar refractivity (Wildman–Crippen MR) is 32.9 cm³/mol. The largest absolute Gasteiger partial charge is 0.473 e. The van der Waals surface area contributed by atoms with Crippen LogP contribution in [0.25, 0.3) is 0 Å². The zero-order valence-corrected chi connectivity index (χ0v) is 5.77. The summed E-state index contributed by atoms with van der Waals surface area (Å²) in [5, 5.41) is 15.3. The molecule has 0 atom stereocenters. The standard InChI is InChI=1S/C5H7N3O2/c1-3(2)8-4(5(9)10)6-7-8/h3H,1-2H3/p+1. The van der Waals surface area contributed by atoms with Crippen molar-refractivity contribution in [3.8, 4) is 0 Å². The van der Waals surface area contributed by atoms with Crippen LogP contribution >= 0.6 is 0 Å². The summed E-state index contributed by atoms with van der Waals surface area (Å²) in [6.07, 6.45) is 0. The number of nitrogens with zero attached hydrogens (tertiary/aromatic N) is 3. The highest BCUT2D eigenvalue weighted by molar-refractivity contribution is 6.30. The zero-order valence-electron chi connectivity index (χ0n) is 5.77. The van der Waals surface area contributed by atoms with E-state index >= 15 is 0 Å². The Morgan fingerprint density at radius 1 is 1.70 bits per heavy atom. The lowest BCUT2D eigenvalue weighted by molar-refractivity contribution is -0.535. The van der Waals surface area contributed by atoms with Gasteiger partial charge in [-0.2, -0.15) is 0 Å². The fourth-order valence-electron chi connectivity index (χ4n) is 0.630. The topological polar surface area (TPSA) is 65.0 Å². The third-order valence-electron chi connectivity index (χ3n) is 1.13. The van der Waals surface area contributed by atoms with E-state index in [0.717, 1.165) is 0 Å². The van der Waals surface area contributed by atoms with Crippen molar-refractivity contribution < 1.29 is 14.6 Å². The first kappa shape index (κ1) is 6.85. The van der Waals surface area contributed by atoms with Gasteiger partial charge in [-0.05, 0) is 13.8 Å². The molecule has 1 aliphatic rings. The maximum Gasteiger partial charge on any atom is 0.410 e. The predicted octanol–water partition coefficient (Wildman–Crippen LogP) is 0.271. The summed E-state index contributed by atoms with van der Waals surface area (Å²) in [4.78, 5) is 10.3. The first-order valence-corrected chi connectivity index (χ1v) is 2.94. The normalized spacial score (nSPS) is 15.9. The first-order valence-electron chi connectivity index (χ1n) is 2.94. The van der Waals surface area contributed by atoms with Crippen molar-refractivity contribution in [2.24, 2.45) is 10.3 Å². The molecule has 0 aromatic rings. The van der Waals surface area contributed by atoms with Gasteiger partial charge in [-0.15, -0.1) is 4.70 Å². The van der Waals surface area contributed by atoms with Crippen molar-refractivity contribution in [1.29, 1.82) is 0 Å². The molecule has 0 unspecified atom stereocenters. The van der Waals surface area contributed by atoms with E-state index in [2.05, 4.69) is 10.3 Å². The fraction of sp³-hybridized carbons (Fsp3) is 0.600. The highest BCUT2D eigenvalue weighted by Crippen LogP contribution is 2.03. The van der Waals surface area contributed by atoms with Gasteiger partial charge in [0.1, 0.15) is 0 Å².